The van der Waals surface area contributed by atoms with Crippen LogP contribution in [0.15, 0.2) is 121 Å². The van der Waals surface area contributed by atoms with Gasteiger partial charge >= 0.3 is 5.97 Å². The smallest absolute Gasteiger partial charge is 0.308 e. The van der Waals surface area contributed by atoms with Crippen LogP contribution >= 0.6 is 0 Å². The van der Waals surface area contributed by atoms with Crippen LogP contribution in [-0.2, 0) is 30.5 Å². The number of esters is 1. The summed E-state index contributed by atoms with van der Waals surface area (Å²) in [5.74, 6) is 1.26. The topological polar surface area (TPSA) is 38.8 Å². The zero-order valence-corrected chi connectivity index (χ0v) is 31.5. The molecule has 6 aromatic carbocycles. The average Bonchev–Trinajstić information content (AvgIpc) is 3.12. The first kappa shape index (κ1) is 36.2. The normalized spacial score (nSPS) is 11.0. The van der Waals surface area contributed by atoms with Gasteiger partial charge in [0.2, 0.25) is 0 Å². The number of carbonyl (C=O) groups excluding carboxylic acids is 1. The van der Waals surface area contributed by atoms with Crippen molar-refractivity contribution in [1.82, 2.24) is 0 Å². The second-order valence-corrected chi connectivity index (χ2v) is 14.0. The van der Waals surface area contributed by atoms with Crippen molar-refractivity contribution in [3.8, 4) is 22.6 Å². The molecule has 0 aliphatic carbocycles. The van der Waals surface area contributed by atoms with Crippen LogP contribution in [0, 0.1) is 34.6 Å². The van der Waals surface area contributed by atoms with Gasteiger partial charge < -0.3 is 14.4 Å². The fraction of sp³-hybridized carbons (Fsp3) is 0.229. The van der Waals surface area contributed by atoms with Crippen LogP contribution in [0.4, 0.5) is 17.1 Å². The fourth-order valence-corrected chi connectivity index (χ4v) is 6.99. The largest absolute Gasteiger partial charge is 0.496 e. The highest BCUT2D eigenvalue weighted by Crippen LogP contribution is 2.38. The molecule has 0 saturated carbocycles. The minimum atomic E-state index is -0.297. The molecule has 0 unspecified atom stereocenters. The Morgan fingerprint density at radius 2 is 0.962 bits per heavy atom. The maximum atomic E-state index is 11.4. The Kier molecular flexibility index (Phi) is 11.2. The third kappa shape index (κ3) is 8.63. The van der Waals surface area contributed by atoms with Crippen molar-refractivity contribution in [1.29, 1.82) is 0 Å². The number of rotatable bonds is 12. The zero-order chi connectivity index (χ0) is 36.8. The van der Waals surface area contributed by atoms with Gasteiger partial charge in [0.15, 0.2) is 0 Å². The molecule has 0 saturated heterocycles. The lowest BCUT2D eigenvalue weighted by molar-refractivity contribution is -0.131. The van der Waals surface area contributed by atoms with E-state index in [2.05, 4.69) is 148 Å². The lowest BCUT2D eigenvalue weighted by Gasteiger charge is -2.27. The average molecular weight is 688 g/mol. The van der Waals surface area contributed by atoms with Crippen LogP contribution < -0.4 is 14.4 Å². The van der Waals surface area contributed by atoms with Crippen molar-refractivity contribution in [2.45, 2.75) is 67.2 Å². The molecular weight excluding hydrogens is 639 g/mol. The van der Waals surface area contributed by atoms with Crippen molar-refractivity contribution < 1.29 is 14.3 Å². The quantitative estimate of drug-likeness (QED) is 0.0948. The Labute approximate surface area is 309 Å². The fourth-order valence-electron chi connectivity index (χ4n) is 6.99. The third-order valence-corrected chi connectivity index (χ3v) is 10.00. The monoisotopic (exact) mass is 687 g/mol. The zero-order valence-electron chi connectivity index (χ0n) is 31.5. The van der Waals surface area contributed by atoms with E-state index in [1.807, 2.05) is 13.0 Å². The van der Waals surface area contributed by atoms with Crippen molar-refractivity contribution in [3.05, 3.63) is 171 Å². The summed E-state index contributed by atoms with van der Waals surface area (Å²) >= 11 is 0. The van der Waals surface area contributed by atoms with Gasteiger partial charge in [0.1, 0.15) is 11.5 Å². The van der Waals surface area contributed by atoms with E-state index in [9.17, 15) is 4.79 Å². The summed E-state index contributed by atoms with van der Waals surface area (Å²) in [6, 6.07) is 43.9. The summed E-state index contributed by atoms with van der Waals surface area (Å²) < 4.78 is 10.8. The molecule has 4 heteroatoms. The van der Waals surface area contributed by atoms with Gasteiger partial charge in [-0.1, -0.05) is 78.4 Å². The maximum absolute atomic E-state index is 11.4. The predicted octanol–water partition coefficient (Wildman–Crippen LogP) is 11.9. The van der Waals surface area contributed by atoms with E-state index in [4.69, 9.17) is 9.47 Å². The Bertz CT molecular complexity index is 2180. The van der Waals surface area contributed by atoms with Gasteiger partial charge in [0, 0.05) is 24.0 Å². The summed E-state index contributed by atoms with van der Waals surface area (Å²) in [6.07, 6.45) is 3.78. The number of nitrogens with zero attached hydrogens (tertiary/aromatic N) is 1. The summed E-state index contributed by atoms with van der Waals surface area (Å²) in [5.41, 5.74) is 17.0. The van der Waals surface area contributed by atoms with Crippen LogP contribution in [0.5, 0.6) is 11.5 Å². The highest BCUT2D eigenvalue weighted by Gasteiger charge is 2.16. The van der Waals surface area contributed by atoms with Crippen molar-refractivity contribution in [3.63, 3.8) is 0 Å². The number of ether oxygens (including phenoxy) is 2. The van der Waals surface area contributed by atoms with Crippen LogP contribution in [-0.4, -0.2) is 13.1 Å². The first-order valence-corrected chi connectivity index (χ1v) is 18.2. The van der Waals surface area contributed by atoms with Gasteiger partial charge in [0.05, 0.1) is 7.11 Å². The summed E-state index contributed by atoms with van der Waals surface area (Å²) in [7, 11) is 1.72. The number of hydrogen-bond acceptors (Lipinski definition) is 4. The predicted molar refractivity (Wildman–Crippen MR) is 216 cm³/mol. The van der Waals surface area contributed by atoms with Crippen molar-refractivity contribution >= 4 is 23.0 Å². The van der Waals surface area contributed by atoms with Crippen molar-refractivity contribution in [2.75, 3.05) is 12.0 Å². The molecule has 0 aromatic heterocycles. The Balaban J connectivity index is 1.27. The summed E-state index contributed by atoms with van der Waals surface area (Å²) in [4.78, 5) is 13.8. The number of hydrogen-bond donors (Lipinski definition) is 0. The number of methoxy groups -OCH3 is 1. The molecule has 0 aliphatic heterocycles. The number of anilines is 3. The Morgan fingerprint density at radius 3 is 1.40 bits per heavy atom. The number of benzene rings is 6. The van der Waals surface area contributed by atoms with Crippen LogP contribution in [0.2, 0.25) is 0 Å². The molecule has 0 bridgehead atoms. The molecular formula is C48H49NO3. The molecule has 0 fully saturated rings. The minimum Gasteiger partial charge on any atom is -0.496 e. The van der Waals surface area contributed by atoms with Crippen LogP contribution in [0.3, 0.4) is 0 Å². The third-order valence-electron chi connectivity index (χ3n) is 10.00. The molecule has 264 valence electrons. The molecule has 0 radical (unpaired) electrons. The SMILES string of the molecule is COc1ccc(CCc2ccc(N(c3ccc(-c4ccc(C)cc4)cc3)c3ccc(CCc4ccc(OC(C)=O)c(C)c4)c(C)c3)cc2C)cc1C. The minimum absolute atomic E-state index is 0.297. The van der Waals surface area contributed by atoms with Crippen LogP contribution in [0.25, 0.3) is 11.1 Å². The molecule has 0 N–H and O–H groups in total. The number of aryl methyl sites for hydroxylation is 9. The van der Waals surface area contributed by atoms with Gasteiger partial charge in [-0.3, -0.25) is 4.79 Å². The van der Waals surface area contributed by atoms with E-state index in [1.54, 1.807) is 7.11 Å². The van der Waals surface area contributed by atoms with E-state index in [0.717, 1.165) is 54.1 Å². The lowest BCUT2D eigenvalue weighted by Crippen LogP contribution is -2.11. The van der Waals surface area contributed by atoms with E-state index < -0.39 is 0 Å². The molecule has 0 spiro atoms. The van der Waals surface area contributed by atoms with E-state index in [-0.39, 0.29) is 5.97 Å². The first-order chi connectivity index (χ1) is 25.1. The molecule has 0 heterocycles. The van der Waals surface area contributed by atoms with E-state index in [0.29, 0.717) is 5.75 Å². The lowest BCUT2D eigenvalue weighted by atomic mass is 9.97. The van der Waals surface area contributed by atoms with E-state index >= 15 is 0 Å². The molecule has 0 atom stereocenters. The summed E-state index contributed by atoms with van der Waals surface area (Å²) in [6.45, 7) is 12.1. The highest BCUT2D eigenvalue weighted by atomic mass is 16.5. The molecule has 6 aromatic rings. The molecule has 6 rings (SSSR count). The van der Waals surface area contributed by atoms with Gasteiger partial charge in [-0.05, 0) is 164 Å². The molecule has 0 aliphatic rings. The Morgan fingerprint density at radius 1 is 0.500 bits per heavy atom. The second-order valence-electron chi connectivity index (χ2n) is 14.0. The van der Waals surface area contributed by atoms with Gasteiger partial charge in [-0.2, -0.15) is 0 Å². The highest BCUT2D eigenvalue weighted by molar-refractivity contribution is 5.79. The van der Waals surface area contributed by atoms with Gasteiger partial charge in [-0.25, -0.2) is 0 Å². The Hall–Kier alpha value is -5.61. The van der Waals surface area contributed by atoms with Crippen molar-refractivity contribution in [2.24, 2.45) is 0 Å². The standard InChI is InChI=1S/C48H49NO3/c1-32-8-14-42(15-9-32)43-20-22-44(23-21-43)49(45-24-18-40(33(2)30-45)16-10-38-12-26-47(51-7)35(4)28-38)46-25-19-41(34(3)31-46)17-11-39-13-27-48(36(5)29-39)52-37(6)50/h8-9,12-15,18-31H,10-11,16-17H2,1-7H3. The van der Waals surface area contributed by atoms with Crippen LogP contribution in [0.1, 0.15) is 57.0 Å². The molecule has 0 amide bonds. The first-order valence-electron chi connectivity index (χ1n) is 18.2. The maximum Gasteiger partial charge on any atom is 0.308 e. The van der Waals surface area contributed by atoms with E-state index in [1.165, 1.54) is 62.6 Å². The van der Waals surface area contributed by atoms with Gasteiger partial charge in [-0.15, -0.1) is 0 Å². The summed E-state index contributed by atoms with van der Waals surface area (Å²) in [5, 5.41) is 0. The second kappa shape index (κ2) is 16.2. The molecule has 52 heavy (non-hydrogen) atoms. The van der Waals surface area contributed by atoms with Gasteiger partial charge in [0.25, 0.3) is 0 Å². The molecule has 4 nitrogen and oxygen atoms in total. The number of carbonyl (C=O) groups is 1.